The van der Waals surface area contributed by atoms with E-state index < -0.39 is 0 Å². The van der Waals surface area contributed by atoms with Crippen molar-refractivity contribution < 1.29 is 0 Å². The third-order valence-corrected chi connectivity index (χ3v) is 1.23. The molecule has 4 heteroatoms. The fourth-order valence-electron chi connectivity index (χ4n) is 0.798. The van der Waals surface area contributed by atoms with Crippen LogP contribution in [0.5, 0.6) is 0 Å². The van der Waals surface area contributed by atoms with Crippen molar-refractivity contribution in [2.75, 3.05) is 0 Å². The summed E-state index contributed by atoms with van der Waals surface area (Å²) in [4.78, 5) is 3.02. The number of hydrogen-bond donors (Lipinski definition) is 1. The Kier molecular flexibility index (Phi) is 1.87. The highest BCUT2D eigenvalue weighted by atomic mass is 35.5. The third kappa shape index (κ3) is 0.953. The third-order valence-electron chi connectivity index (χ3n) is 1.23. The fraction of sp³-hybridized carbons (Fsp3) is 0. The Hall–Kier alpha value is -1.09. The number of rotatable bonds is 0. The van der Waals surface area contributed by atoms with Crippen LogP contribution in [0.3, 0.4) is 0 Å². The largest absolute Gasteiger partial charge is 0.360 e. The van der Waals surface area contributed by atoms with Crippen LogP contribution >= 0.6 is 12.4 Å². The number of halogens is 1. The van der Waals surface area contributed by atoms with E-state index in [9.17, 15) is 0 Å². The summed E-state index contributed by atoms with van der Waals surface area (Å²) in [5.74, 6) is 0. The molecule has 2 heterocycles. The molecule has 2 aromatic heterocycles. The minimum Gasteiger partial charge on any atom is -0.360 e. The number of fused-ring (bicyclic) bond motifs is 1. The minimum atomic E-state index is 0. The Labute approximate surface area is 63.9 Å². The van der Waals surface area contributed by atoms with Gasteiger partial charge in [0.05, 0.1) is 11.7 Å². The standard InChI is InChI=1S/C6H5N3.ClH/c1-3-7-5-2-4-8-9-6(1)5;/h1-4,7H;1H. The van der Waals surface area contributed by atoms with E-state index in [-0.39, 0.29) is 12.4 Å². The molecule has 3 nitrogen and oxygen atoms in total. The molecule has 0 aliphatic carbocycles. The van der Waals surface area contributed by atoms with E-state index >= 15 is 0 Å². The lowest BCUT2D eigenvalue weighted by atomic mass is 10.4. The van der Waals surface area contributed by atoms with E-state index in [2.05, 4.69) is 15.2 Å². The van der Waals surface area contributed by atoms with Gasteiger partial charge in [-0.2, -0.15) is 5.10 Å². The van der Waals surface area contributed by atoms with Crippen LogP contribution < -0.4 is 0 Å². The van der Waals surface area contributed by atoms with Gasteiger partial charge in [0, 0.05) is 6.20 Å². The summed E-state index contributed by atoms with van der Waals surface area (Å²) in [6.45, 7) is 0. The van der Waals surface area contributed by atoms with Crippen LogP contribution in [0.25, 0.3) is 11.0 Å². The first kappa shape index (κ1) is 7.02. The molecule has 0 spiro atoms. The van der Waals surface area contributed by atoms with Gasteiger partial charge in [-0.3, -0.25) is 0 Å². The Morgan fingerprint density at radius 1 is 1.30 bits per heavy atom. The van der Waals surface area contributed by atoms with Gasteiger partial charge in [0.15, 0.2) is 0 Å². The van der Waals surface area contributed by atoms with Gasteiger partial charge in [-0.25, -0.2) is 0 Å². The molecule has 0 atom stereocenters. The molecule has 52 valence electrons. The maximum absolute atomic E-state index is 3.86. The average Bonchev–Trinajstić information content (AvgIpc) is 2.33. The predicted molar refractivity (Wildman–Crippen MR) is 41.1 cm³/mol. The molecule has 0 fully saturated rings. The van der Waals surface area contributed by atoms with Gasteiger partial charge in [-0.1, -0.05) is 0 Å². The molecule has 10 heavy (non-hydrogen) atoms. The molecule has 0 saturated heterocycles. The van der Waals surface area contributed by atoms with Crippen LogP contribution in [-0.4, -0.2) is 15.2 Å². The first-order valence-corrected chi connectivity index (χ1v) is 2.71. The topological polar surface area (TPSA) is 41.6 Å². The van der Waals surface area contributed by atoms with Crippen molar-refractivity contribution in [3.63, 3.8) is 0 Å². The summed E-state index contributed by atoms with van der Waals surface area (Å²) in [5.41, 5.74) is 1.95. The Morgan fingerprint density at radius 3 is 3.00 bits per heavy atom. The second kappa shape index (κ2) is 2.66. The Balaban J connectivity index is 0.000000500. The van der Waals surface area contributed by atoms with Gasteiger partial charge in [0.25, 0.3) is 0 Å². The number of nitrogens with zero attached hydrogens (tertiary/aromatic N) is 2. The number of aromatic nitrogens is 3. The maximum atomic E-state index is 3.86. The minimum absolute atomic E-state index is 0. The lowest BCUT2D eigenvalue weighted by Crippen LogP contribution is -1.76. The monoisotopic (exact) mass is 155 g/mol. The van der Waals surface area contributed by atoms with Crippen molar-refractivity contribution in [2.24, 2.45) is 0 Å². The lowest BCUT2D eigenvalue weighted by molar-refractivity contribution is 1.08. The van der Waals surface area contributed by atoms with Gasteiger partial charge >= 0.3 is 0 Å². The normalized spacial score (nSPS) is 9.20. The number of aromatic amines is 1. The molecule has 0 bridgehead atoms. The molecule has 0 aromatic carbocycles. The highest BCUT2D eigenvalue weighted by molar-refractivity contribution is 5.85. The molecule has 2 rings (SSSR count). The molecule has 2 aromatic rings. The summed E-state index contributed by atoms with van der Waals surface area (Å²) < 4.78 is 0. The second-order valence-corrected chi connectivity index (χ2v) is 1.81. The molecular weight excluding hydrogens is 150 g/mol. The van der Waals surface area contributed by atoms with Gasteiger partial charge < -0.3 is 4.98 Å². The summed E-state index contributed by atoms with van der Waals surface area (Å²) in [6.07, 6.45) is 3.51. The van der Waals surface area contributed by atoms with E-state index in [1.807, 2.05) is 18.3 Å². The van der Waals surface area contributed by atoms with Crippen LogP contribution in [0.4, 0.5) is 0 Å². The van der Waals surface area contributed by atoms with Gasteiger partial charge in [0.1, 0.15) is 5.52 Å². The van der Waals surface area contributed by atoms with Crippen LogP contribution in [-0.2, 0) is 0 Å². The van der Waals surface area contributed by atoms with Crippen LogP contribution in [0, 0.1) is 0 Å². The van der Waals surface area contributed by atoms with E-state index in [4.69, 9.17) is 0 Å². The van der Waals surface area contributed by atoms with Crippen molar-refractivity contribution >= 4 is 23.4 Å². The maximum Gasteiger partial charge on any atom is 0.111 e. The number of hydrogen-bond acceptors (Lipinski definition) is 2. The predicted octanol–water partition coefficient (Wildman–Crippen LogP) is 1.38. The zero-order chi connectivity index (χ0) is 6.10. The van der Waals surface area contributed by atoms with E-state index in [1.165, 1.54) is 0 Å². The first-order chi connectivity index (χ1) is 4.47. The molecule has 0 radical (unpaired) electrons. The molecule has 0 aliphatic heterocycles. The number of H-pyrrole nitrogens is 1. The summed E-state index contributed by atoms with van der Waals surface area (Å²) in [7, 11) is 0. The molecule has 0 saturated carbocycles. The van der Waals surface area contributed by atoms with E-state index in [0.717, 1.165) is 11.0 Å². The lowest BCUT2D eigenvalue weighted by Gasteiger charge is -1.81. The van der Waals surface area contributed by atoms with Crippen molar-refractivity contribution in [2.45, 2.75) is 0 Å². The fourth-order valence-corrected chi connectivity index (χ4v) is 0.798. The summed E-state index contributed by atoms with van der Waals surface area (Å²) in [6, 6.07) is 3.78. The van der Waals surface area contributed by atoms with Crippen molar-refractivity contribution in [1.29, 1.82) is 0 Å². The molecular formula is C6H6ClN3. The van der Waals surface area contributed by atoms with E-state index in [0.29, 0.717) is 0 Å². The molecule has 0 amide bonds. The zero-order valence-electron chi connectivity index (χ0n) is 5.11. The van der Waals surface area contributed by atoms with Crippen LogP contribution in [0.15, 0.2) is 24.5 Å². The summed E-state index contributed by atoms with van der Waals surface area (Å²) >= 11 is 0. The Morgan fingerprint density at radius 2 is 2.20 bits per heavy atom. The zero-order valence-corrected chi connectivity index (χ0v) is 5.93. The first-order valence-electron chi connectivity index (χ1n) is 2.71. The van der Waals surface area contributed by atoms with Crippen molar-refractivity contribution in [1.82, 2.24) is 15.2 Å². The highest BCUT2D eigenvalue weighted by Crippen LogP contribution is 2.03. The molecule has 0 unspecified atom stereocenters. The van der Waals surface area contributed by atoms with Gasteiger partial charge in [0.2, 0.25) is 0 Å². The highest BCUT2D eigenvalue weighted by Gasteiger charge is 1.89. The molecule has 1 N–H and O–H groups in total. The van der Waals surface area contributed by atoms with Crippen molar-refractivity contribution in [3.05, 3.63) is 24.5 Å². The van der Waals surface area contributed by atoms with Gasteiger partial charge in [-0.15, -0.1) is 17.5 Å². The van der Waals surface area contributed by atoms with E-state index in [1.54, 1.807) is 6.20 Å². The second-order valence-electron chi connectivity index (χ2n) is 1.81. The Bertz CT molecular complexity index is 287. The molecule has 0 aliphatic rings. The van der Waals surface area contributed by atoms with Crippen LogP contribution in [0.2, 0.25) is 0 Å². The number of nitrogens with one attached hydrogen (secondary N) is 1. The van der Waals surface area contributed by atoms with Crippen molar-refractivity contribution in [3.8, 4) is 0 Å². The average molecular weight is 156 g/mol. The quantitative estimate of drug-likeness (QED) is 0.625. The van der Waals surface area contributed by atoms with Gasteiger partial charge in [-0.05, 0) is 12.1 Å². The SMILES string of the molecule is Cl.c1cc2[nH]ccc2nn1. The smallest absolute Gasteiger partial charge is 0.111 e. The van der Waals surface area contributed by atoms with Crippen LogP contribution in [0.1, 0.15) is 0 Å². The summed E-state index contributed by atoms with van der Waals surface area (Å²) in [5, 5.41) is 7.58.